The van der Waals surface area contributed by atoms with Gasteiger partial charge in [0.2, 0.25) is 0 Å². The van der Waals surface area contributed by atoms with E-state index >= 15 is 0 Å². The first-order chi connectivity index (χ1) is 16.8. The van der Waals surface area contributed by atoms with E-state index in [-0.39, 0.29) is 11.8 Å². The van der Waals surface area contributed by atoms with E-state index in [0.29, 0.717) is 54.5 Å². The van der Waals surface area contributed by atoms with Gasteiger partial charge in [-0.1, -0.05) is 32.0 Å². The molecule has 3 aromatic rings. The van der Waals surface area contributed by atoms with Crippen molar-refractivity contribution in [2.45, 2.75) is 43.2 Å². The maximum Gasteiger partial charge on any atom is 0.258 e. The number of likely N-dealkylation sites (tertiary alicyclic amines) is 1. The standard InChI is InChI=1S/C28H30N2O4S/c1-17(2)18-8-9-23-22(14-18)26(31)29-28(34-23)10-12-30(13-11-28)27(32)19-15-21-20(24(16-19)33-3)6-5-7-25(21)35-4/h5-9,14-17H,10-13H2,1-4H3,(H,29,31). The number of carbonyl (C=O) groups is 2. The van der Waals surface area contributed by atoms with Crippen LogP contribution in [-0.4, -0.2) is 48.9 Å². The summed E-state index contributed by atoms with van der Waals surface area (Å²) < 4.78 is 11.9. The first-order valence-electron chi connectivity index (χ1n) is 11.9. The molecule has 0 unspecified atom stereocenters. The highest BCUT2D eigenvalue weighted by molar-refractivity contribution is 7.98. The number of methoxy groups -OCH3 is 1. The number of carbonyl (C=O) groups excluding carboxylic acids is 2. The van der Waals surface area contributed by atoms with Gasteiger partial charge < -0.3 is 19.7 Å². The minimum absolute atomic E-state index is 0.0416. The topological polar surface area (TPSA) is 67.9 Å². The van der Waals surface area contributed by atoms with Gasteiger partial charge >= 0.3 is 0 Å². The molecule has 6 nitrogen and oxygen atoms in total. The quantitative estimate of drug-likeness (QED) is 0.493. The Bertz CT molecular complexity index is 1310. The maximum absolute atomic E-state index is 13.5. The Morgan fingerprint density at radius 3 is 2.57 bits per heavy atom. The molecule has 1 fully saturated rings. The predicted molar refractivity (Wildman–Crippen MR) is 139 cm³/mol. The zero-order chi connectivity index (χ0) is 24.7. The molecule has 5 rings (SSSR count). The van der Waals surface area contributed by atoms with Crippen LogP contribution < -0.4 is 14.8 Å². The van der Waals surface area contributed by atoms with Crippen molar-refractivity contribution in [3.63, 3.8) is 0 Å². The molecule has 2 amide bonds. The molecule has 1 saturated heterocycles. The Morgan fingerprint density at radius 2 is 1.89 bits per heavy atom. The number of benzene rings is 3. The smallest absolute Gasteiger partial charge is 0.258 e. The lowest BCUT2D eigenvalue weighted by Gasteiger charge is -2.44. The number of thioether (sulfide) groups is 1. The molecule has 2 aliphatic heterocycles. The Hall–Kier alpha value is -3.19. The summed E-state index contributed by atoms with van der Waals surface area (Å²) in [7, 11) is 1.63. The molecule has 0 atom stereocenters. The second-order valence-electron chi connectivity index (χ2n) is 9.49. The van der Waals surface area contributed by atoms with Gasteiger partial charge in [0.25, 0.3) is 11.8 Å². The third-order valence-corrected chi connectivity index (χ3v) is 7.82. The molecule has 3 aromatic carbocycles. The Morgan fingerprint density at radius 1 is 1.11 bits per heavy atom. The summed E-state index contributed by atoms with van der Waals surface area (Å²) >= 11 is 1.65. The van der Waals surface area contributed by atoms with Crippen LogP contribution >= 0.6 is 11.8 Å². The highest BCUT2D eigenvalue weighted by atomic mass is 32.2. The molecule has 7 heteroatoms. The van der Waals surface area contributed by atoms with Gasteiger partial charge in [-0.25, -0.2) is 0 Å². The molecule has 2 aliphatic rings. The molecule has 182 valence electrons. The SMILES string of the molecule is COc1cc(C(=O)N2CCC3(CC2)NC(=O)c2cc(C(C)C)ccc2O3)cc2c(SC)cccc12. The lowest BCUT2D eigenvalue weighted by atomic mass is 9.94. The lowest BCUT2D eigenvalue weighted by molar-refractivity contribution is -0.0245. The van der Waals surface area contributed by atoms with Gasteiger partial charge in [-0.3, -0.25) is 9.59 Å². The first-order valence-corrected chi connectivity index (χ1v) is 13.2. The Labute approximate surface area is 210 Å². The van der Waals surface area contributed by atoms with Crippen molar-refractivity contribution < 1.29 is 19.1 Å². The second kappa shape index (κ2) is 9.11. The molecule has 2 heterocycles. The average molecular weight is 491 g/mol. The van der Waals surface area contributed by atoms with Crippen LogP contribution in [0, 0.1) is 0 Å². The number of rotatable bonds is 4. The lowest BCUT2D eigenvalue weighted by Crippen LogP contribution is -2.61. The number of nitrogens with zero attached hydrogens (tertiary/aromatic N) is 1. The zero-order valence-electron chi connectivity index (χ0n) is 20.5. The summed E-state index contributed by atoms with van der Waals surface area (Å²) in [4.78, 5) is 29.4. The van der Waals surface area contributed by atoms with Crippen molar-refractivity contribution in [3.05, 3.63) is 65.2 Å². The van der Waals surface area contributed by atoms with E-state index in [0.717, 1.165) is 21.2 Å². The minimum atomic E-state index is -0.784. The van der Waals surface area contributed by atoms with Crippen LogP contribution in [-0.2, 0) is 0 Å². The molecule has 35 heavy (non-hydrogen) atoms. The van der Waals surface area contributed by atoms with E-state index in [4.69, 9.17) is 9.47 Å². The normalized spacial score (nSPS) is 16.7. The largest absolute Gasteiger partial charge is 0.496 e. The van der Waals surface area contributed by atoms with Crippen LogP contribution in [0.25, 0.3) is 10.8 Å². The number of fused-ring (bicyclic) bond motifs is 2. The Balaban J connectivity index is 1.36. The zero-order valence-corrected chi connectivity index (χ0v) is 21.3. The van der Waals surface area contributed by atoms with E-state index in [9.17, 15) is 9.59 Å². The van der Waals surface area contributed by atoms with E-state index < -0.39 is 5.72 Å². The van der Waals surface area contributed by atoms with Gasteiger partial charge in [0.15, 0.2) is 5.72 Å². The van der Waals surface area contributed by atoms with Crippen LogP contribution in [0.5, 0.6) is 11.5 Å². The van der Waals surface area contributed by atoms with Crippen LogP contribution in [0.2, 0.25) is 0 Å². The van der Waals surface area contributed by atoms with Crippen LogP contribution in [0.15, 0.2) is 53.4 Å². The molecule has 0 radical (unpaired) electrons. The summed E-state index contributed by atoms with van der Waals surface area (Å²) in [6, 6.07) is 15.7. The highest BCUT2D eigenvalue weighted by Crippen LogP contribution is 2.37. The van der Waals surface area contributed by atoms with Crippen molar-refractivity contribution in [1.82, 2.24) is 10.2 Å². The van der Waals surface area contributed by atoms with E-state index in [1.807, 2.05) is 53.6 Å². The average Bonchev–Trinajstić information content (AvgIpc) is 2.87. The fourth-order valence-corrected chi connectivity index (χ4v) is 5.56. The fraction of sp³-hybridized carbons (Fsp3) is 0.357. The van der Waals surface area contributed by atoms with Crippen molar-refractivity contribution in [1.29, 1.82) is 0 Å². The molecule has 1 spiro atoms. The Kier molecular flexibility index (Phi) is 6.13. The van der Waals surface area contributed by atoms with Crippen molar-refractivity contribution in [2.75, 3.05) is 26.5 Å². The van der Waals surface area contributed by atoms with Gasteiger partial charge in [-0.2, -0.15) is 0 Å². The number of nitrogens with one attached hydrogen (secondary N) is 1. The molecular weight excluding hydrogens is 460 g/mol. The molecule has 0 saturated carbocycles. The van der Waals surface area contributed by atoms with E-state index in [2.05, 4.69) is 25.2 Å². The van der Waals surface area contributed by atoms with E-state index in [1.54, 1.807) is 18.9 Å². The van der Waals surface area contributed by atoms with Crippen molar-refractivity contribution in [2.24, 2.45) is 0 Å². The predicted octanol–water partition coefficient (Wildman–Crippen LogP) is 5.45. The first kappa shape index (κ1) is 23.5. The molecule has 0 aromatic heterocycles. The fourth-order valence-electron chi connectivity index (χ4n) is 4.96. The third-order valence-electron chi connectivity index (χ3n) is 7.02. The van der Waals surface area contributed by atoms with Crippen LogP contribution in [0.3, 0.4) is 0 Å². The molecule has 0 aliphatic carbocycles. The van der Waals surface area contributed by atoms with Crippen molar-refractivity contribution >= 4 is 34.3 Å². The van der Waals surface area contributed by atoms with Gasteiger partial charge in [0, 0.05) is 41.8 Å². The summed E-state index contributed by atoms with van der Waals surface area (Å²) in [6.45, 7) is 5.18. The maximum atomic E-state index is 13.5. The molecule has 0 bridgehead atoms. The van der Waals surface area contributed by atoms with Crippen molar-refractivity contribution in [3.8, 4) is 11.5 Å². The molecule has 1 N–H and O–H groups in total. The summed E-state index contributed by atoms with van der Waals surface area (Å²) in [6.07, 6.45) is 3.08. The monoisotopic (exact) mass is 490 g/mol. The number of hydrogen-bond acceptors (Lipinski definition) is 5. The third kappa shape index (κ3) is 4.22. The van der Waals surface area contributed by atoms with Crippen LogP contribution in [0.1, 0.15) is 58.9 Å². The van der Waals surface area contributed by atoms with Gasteiger partial charge in [0.05, 0.1) is 12.7 Å². The van der Waals surface area contributed by atoms with E-state index in [1.165, 1.54) is 0 Å². The minimum Gasteiger partial charge on any atom is -0.496 e. The summed E-state index contributed by atoms with van der Waals surface area (Å²) in [5, 5.41) is 5.09. The highest BCUT2D eigenvalue weighted by Gasteiger charge is 2.43. The summed E-state index contributed by atoms with van der Waals surface area (Å²) in [5.41, 5.74) is 1.50. The number of amides is 2. The number of piperidine rings is 1. The second-order valence-corrected chi connectivity index (χ2v) is 10.3. The van der Waals surface area contributed by atoms with Gasteiger partial charge in [0.1, 0.15) is 11.5 Å². The van der Waals surface area contributed by atoms with Gasteiger partial charge in [-0.05, 0) is 53.5 Å². The number of hydrogen-bond donors (Lipinski definition) is 1. The summed E-state index contributed by atoms with van der Waals surface area (Å²) in [5.74, 6) is 1.48. The number of ether oxygens (including phenoxy) is 2. The molecular formula is C28H30N2O4S. The van der Waals surface area contributed by atoms with Crippen LogP contribution in [0.4, 0.5) is 0 Å². The van der Waals surface area contributed by atoms with Gasteiger partial charge in [-0.15, -0.1) is 11.8 Å².